The first-order valence-corrected chi connectivity index (χ1v) is 6.95. The summed E-state index contributed by atoms with van der Waals surface area (Å²) >= 11 is 3.41. The van der Waals surface area contributed by atoms with Crippen LogP contribution < -0.4 is 4.74 Å². The number of nitriles is 1. The van der Waals surface area contributed by atoms with Gasteiger partial charge in [-0.1, -0.05) is 28.9 Å². The van der Waals surface area contributed by atoms with Crippen molar-refractivity contribution in [3.8, 4) is 11.8 Å². The van der Waals surface area contributed by atoms with Crippen LogP contribution in [0, 0.1) is 17.2 Å². The Morgan fingerprint density at radius 3 is 2.89 bits per heavy atom. The number of halogens is 1. The number of likely N-dealkylation sites (N-methyl/N-ethyl adjacent to an activating group) is 1. The van der Waals surface area contributed by atoms with E-state index in [2.05, 4.69) is 33.8 Å². The second-order valence-electron chi connectivity index (χ2n) is 4.23. The molecule has 1 atom stereocenters. The van der Waals surface area contributed by atoms with Gasteiger partial charge in [0.2, 0.25) is 0 Å². The molecule has 1 aromatic carbocycles. The van der Waals surface area contributed by atoms with Gasteiger partial charge in [-0.3, -0.25) is 4.90 Å². The van der Waals surface area contributed by atoms with E-state index in [0.717, 1.165) is 29.9 Å². The molecule has 0 radical (unpaired) electrons. The normalized spacial score (nSPS) is 12.2. The third kappa shape index (κ3) is 5.52. The smallest absolute Gasteiger partial charge is 0.120 e. The Hall–Kier alpha value is -1.05. The molecule has 98 valence electrons. The van der Waals surface area contributed by atoms with Crippen LogP contribution in [0.3, 0.4) is 0 Å². The molecule has 0 saturated carbocycles. The molecule has 1 aromatic rings. The highest BCUT2D eigenvalue weighted by molar-refractivity contribution is 9.10. The van der Waals surface area contributed by atoms with Gasteiger partial charge in [0.05, 0.1) is 12.0 Å². The molecule has 0 aromatic heterocycles. The summed E-state index contributed by atoms with van der Waals surface area (Å²) in [4.78, 5) is 2.23. The molecule has 0 fully saturated rings. The fourth-order valence-corrected chi connectivity index (χ4v) is 2.03. The van der Waals surface area contributed by atoms with E-state index in [1.807, 2.05) is 31.2 Å². The zero-order valence-electron chi connectivity index (χ0n) is 10.9. The standard InChI is InChI=1S/C14H19BrN2O/c1-3-17(11-12(2)10-16)7-8-18-14-6-4-5-13(15)9-14/h4-6,9,12H,3,7-8,11H2,1-2H3. The molecule has 0 heterocycles. The van der Waals surface area contributed by atoms with E-state index in [1.165, 1.54) is 0 Å². The average Bonchev–Trinajstić information content (AvgIpc) is 2.37. The van der Waals surface area contributed by atoms with E-state index < -0.39 is 0 Å². The van der Waals surface area contributed by atoms with Gasteiger partial charge in [0.25, 0.3) is 0 Å². The first kappa shape index (κ1) is 15.0. The zero-order valence-corrected chi connectivity index (χ0v) is 12.5. The van der Waals surface area contributed by atoms with Crippen molar-refractivity contribution in [2.45, 2.75) is 13.8 Å². The zero-order chi connectivity index (χ0) is 13.4. The summed E-state index contributed by atoms with van der Waals surface area (Å²) in [7, 11) is 0. The Bertz CT molecular complexity index is 403. The van der Waals surface area contributed by atoms with E-state index in [0.29, 0.717) is 6.61 Å². The molecule has 0 spiro atoms. The molecule has 0 aliphatic carbocycles. The third-order valence-electron chi connectivity index (χ3n) is 2.67. The number of rotatable bonds is 7. The van der Waals surface area contributed by atoms with Crippen molar-refractivity contribution in [1.82, 2.24) is 4.90 Å². The second kappa shape index (κ2) is 8.12. The quantitative estimate of drug-likeness (QED) is 0.775. The summed E-state index contributed by atoms with van der Waals surface area (Å²) in [5, 5.41) is 8.80. The van der Waals surface area contributed by atoms with Crippen LogP contribution in [0.5, 0.6) is 5.75 Å². The molecule has 0 N–H and O–H groups in total. The fraction of sp³-hybridized carbons (Fsp3) is 0.500. The first-order chi connectivity index (χ1) is 8.65. The minimum atomic E-state index is 0.0656. The number of nitrogens with zero attached hydrogens (tertiary/aromatic N) is 2. The third-order valence-corrected chi connectivity index (χ3v) is 3.17. The van der Waals surface area contributed by atoms with Crippen LogP contribution in [0.15, 0.2) is 28.7 Å². The topological polar surface area (TPSA) is 36.3 Å². The lowest BCUT2D eigenvalue weighted by molar-refractivity contribution is 0.206. The summed E-state index contributed by atoms with van der Waals surface area (Å²) in [5.41, 5.74) is 0. The van der Waals surface area contributed by atoms with Gasteiger partial charge >= 0.3 is 0 Å². The van der Waals surface area contributed by atoms with Crippen LogP contribution in [0.2, 0.25) is 0 Å². The highest BCUT2D eigenvalue weighted by Crippen LogP contribution is 2.17. The molecule has 0 bridgehead atoms. The molecular formula is C14H19BrN2O. The second-order valence-corrected chi connectivity index (χ2v) is 5.14. The fourth-order valence-electron chi connectivity index (χ4n) is 1.66. The van der Waals surface area contributed by atoms with Crippen molar-refractivity contribution in [2.24, 2.45) is 5.92 Å². The predicted octanol–water partition coefficient (Wildman–Crippen LogP) is 3.31. The lowest BCUT2D eigenvalue weighted by Crippen LogP contribution is -2.32. The van der Waals surface area contributed by atoms with Crippen LogP contribution in [0.25, 0.3) is 0 Å². The van der Waals surface area contributed by atoms with Gasteiger partial charge in [-0.25, -0.2) is 0 Å². The first-order valence-electron chi connectivity index (χ1n) is 6.16. The van der Waals surface area contributed by atoms with Crippen LogP contribution in [-0.4, -0.2) is 31.1 Å². The maximum absolute atomic E-state index is 8.80. The van der Waals surface area contributed by atoms with E-state index in [4.69, 9.17) is 10.00 Å². The van der Waals surface area contributed by atoms with Crippen LogP contribution >= 0.6 is 15.9 Å². The molecular weight excluding hydrogens is 292 g/mol. The summed E-state index contributed by atoms with van der Waals surface area (Å²) in [6.45, 7) is 7.27. The molecule has 0 aliphatic rings. The minimum Gasteiger partial charge on any atom is -0.492 e. The minimum absolute atomic E-state index is 0.0656. The van der Waals surface area contributed by atoms with Crippen LogP contribution in [0.4, 0.5) is 0 Å². The maximum atomic E-state index is 8.80. The largest absolute Gasteiger partial charge is 0.492 e. The van der Waals surface area contributed by atoms with Crippen molar-refractivity contribution < 1.29 is 4.74 Å². The molecule has 1 unspecified atom stereocenters. The summed E-state index contributed by atoms with van der Waals surface area (Å²) in [5.74, 6) is 0.935. The van der Waals surface area contributed by atoms with Gasteiger partial charge in [0, 0.05) is 17.6 Å². The van der Waals surface area contributed by atoms with Gasteiger partial charge in [0.15, 0.2) is 0 Å². The molecule has 1 rings (SSSR count). The number of ether oxygens (including phenoxy) is 1. The molecule has 18 heavy (non-hydrogen) atoms. The van der Waals surface area contributed by atoms with Crippen LogP contribution in [0.1, 0.15) is 13.8 Å². The number of hydrogen-bond acceptors (Lipinski definition) is 3. The lowest BCUT2D eigenvalue weighted by atomic mass is 10.2. The molecule has 0 saturated heterocycles. The predicted molar refractivity (Wildman–Crippen MR) is 76.5 cm³/mol. The summed E-state index contributed by atoms with van der Waals surface area (Å²) in [6, 6.07) is 10.1. The van der Waals surface area contributed by atoms with Gasteiger partial charge in [-0.15, -0.1) is 0 Å². The van der Waals surface area contributed by atoms with Crippen LogP contribution in [-0.2, 0) is 0 Å². The number of hydrogen-bond donors (Lipinski definition) is 0. The SMILES string of the molecule is CCN(CCOc1cccc(Br)c1)CC(C)C#N. The molecule has 4 heteroatoms. The highest BCUT2D eigenvalue weighted by atomic mass is 79.9. The summed E-state index contributed by atoms with van der Waals surface area (Å²) < 4.78 is 6.70. The molecule has 0 aliphatic heterocycles. The Balaban J connectivity index is 2.33. The Morgan fingerprint density at radius 1 is 1.50 bits per heavy atom. The lowest BCUT2D eigenvalue weighted by Gasteiger charge is -2.21. The van der Waals surface area contributed by atoms with E-state index >= 15 is 0 Å². The Kier molecular flexibility index (Phi) is 6.77. The molecule has 3 nitrogen and oxygen atoms in total. The Morgan fingerprint density at radius 2 is 2.28 bits per heavy atom. The Labute approximate surface area is 117 Å². The van der Waals surface area contributed by atoms with E-state index in [9.17, 15) is 0 Å². The number of benzene rings is 1. The van der Waals surface area contributed by atoms with E-state index in [1.54, 1.807) is 0 Å². The van der Waals surface area contributed by atoms with Crippen molar-refractivity contribution in [1.29, 1.82) is 5.26 Å². The highest BCUT2D eigenvalue weighted by Gasteiger charge is 2.07. The van der Waals surface area contributed by atoms with Crippen molar-refractivity contribution in [2.75, 3.05) is 26.2 Å². The monoisotopic (exact) mass is 310 g/mol. The van der Waals surface area contributed by atoms with Gasteiger partial charge in [-0.2, -0.15) is 5.26 Å². The summed E-state index contributed by atoms with van der Waals surface area (Å²) in [6.07, 6.45) is 0. The van der Waals surface area contributed by atoms with Crippen molar-refractivity contribution in [3.05, 3.63) is 28.7 Å². The maximum Gasteiger partial charge on any atom is 0.120 e. The van der Waals surface area contributed by atoms with Gasteiger partial charge < -0.3 is 4.74 Å². The van der Waals surface area contributed by atoms with Crippen molar-refractivity contribution in [3.63, 3.8) is 0 Å². The average molecular weight is 311 g/mol. The van der Waals surface area contributed by atoms with Gasteiger partial charge in [0.1, 0.15) is 12.4 Å². The van der Waals surface area contributed by atoms with Gasteiger partial charge in [-0.05, 0) is 31.7 Å². The van der Waals surface area contributed by atoms with Crippen molar-refractivity contribution >= 4 is 15.9 Å². The van der Waals surface area contributed by atoms with E-state index in [-0.39, 0.29) is 5.92 Å². The molecule has 0 amide bonds.